The van der Waals surface area contributed by atoms with Gasteiger partial charge in [-0.2, -0.15) is 0 Å². The predicted octanol–water partition coefficient (Wildman–Crippen LogP) is 3.70. The van der Waals surface area contributed by atoms with E-state index in [9.17, 15) is 9.59 Å². The Bertz CT molecular complexity index is 1100. The summed E-state index contributed by atoms with van der Waals surface area (Å²) in [5.41, 5.74) is 11.6. The maximum Gasteiger partial charge on any atom is 0.323 e. The number of fused-ring (bicyclic) bond motifs is 1. The Kier molecular flexibility index (Phi) is 5.34. The first-order chi connectivity index (χ1) is 14.5. The second-order valence-electron chi connectivity index (χ2n) is 7.32. The van der Waals surface area contributed by atoms with Gasteiger partial charge in [0.25, 0.3) is 5.91 Å². The highest BCUT2D eigenvalue weighted by Gasteiger charge is 2.22. The molecule has 7 nitrogen and oxygen atoms in total. The van der Waals surface area contributed by atoms with Crippen LogP contribution in [0.2, 0.25) is 0 Å². The highest BCUT2D eigenvalue weighted by Crippen LogP contribution is 2.30. The van der Waals surface area contributed by atoms with E-state index in [1.54, 1.807) is 6.20 Å². The zero-order chi connectivity index (χ0) is 21.1. The SMILES string of the molecule is Cc1ccc(NC(=O)Nc2cccc3c2CCN(c2ccncc2C(N)=O)C3)cc1. The number of primary amides is 1. The van der Waals surface area contributed by atoms with Crippen molar-refractivity contribution < 1.29 is 9.59 Å². The number of carbonyl (C=O) groups excluding carboxylic acids is 2. The molecule has 3 amide bonds. The number of aryl methyl sites for hydroxylation is 1. The summed E-state index contributed by atoms with van der Waals surface area (Å²) in [4.78, 5) is 30.3. The monoisotopic (exact) mass is 401 g/mol. The smallest absolute Gasteiger partial charge is 0.323 e. The molecule has 3 aromatic rings. The number of aromatic nitrogens is 1. The van der Waals surface area contributed by atoms with Crippen LogP contribution in [0, 0.1) is 6.92 Å². The van der Waals surface area contributed by atoms with Crippen LogP contribution in [0.25, 0.3) is 0 Å². The fraction of sp³-hybridized carbons (Fsp3) is 0.174. The summed E-state index contributed by atoms with van der Waals surface area (Å²) in [5, 5.41) is 5.82. The predicted molar refractivity (Wildman–Crippen MR) is 118 cm³/mol. The van der Waals surface area contributed by atoms with Gasteiger partial charge in [0, 0.05) is 36.9 Å². The number of rotatable bonds is 4. The van der Waals surface area contributed by atoms with Crippen LogP contribution in [-0.2, 0) is 13.0 Å². The third kappa shape index (κ3) is 4.10. The molecule has 4 N–H and O–H groups in total. The Morgan fingerprint density at radius 1 is 1.07 bits per heavy atom. The molecular formula is C23H23N5O2. The average Bonchev–Trinajstić information content (AvgIpc) is 2.75. The maximum atomic E-state index is 12.5. The molecule has 0 aliphatic carbocycles. The summed E-state index contributed by atoms with van der Waals surface area (Å²) in [6.45, 7) is 3.33. The molecule has 0 radical (unpaired) electrons. The third-order valence-corrected chi connectivity index (χ3v) is 5.23. The van der Waals surface area contributed by atoms with Gasteiger partial charge in [-0.25, -0.2) is 4.79 Å². The molecule has 1 aliphatic rings. The molecule has 152 valence electrons. The minimum absolute atomic E-state index is 0.278. The van der Waals surface area contributed by atoms with Crippen molar-refractivity contribution in [2.75, 3.05) is 22.1 Å². The molecule has 1 aliphatic heterocycles. The molecule has 4 rings (SSSR count). The molecule has 30 heavy (non-hydrogen) atoms. The Morgan fingerprint density at radius 2 is 1.87 bits per heavy atom. The quantitative estimate of drug-likeness (QED) is 0.621. The Morgan fingerprint density at radius 3 is 2.63 bits per heavy atom. The van der Waals surface area contributed by atoms with Gasteiger partial charge >= 0.3 is 6.03 Å². The Labute approximate surface area is 174 Å². The normalized spacial score (nSPS) is 12.8. The van der Waals surface area contributed by atoms with E-state index in [0.29, 0.717) is 18.7 Å². The molecule has 2 aromatic carbocycles. The van der Waals surface area contributed by atoms with Crippen molar-refractivity contribution in [2.45, 2.75) is 19.9 Å². The van der Waals surface area contributed by atoms with Crippen molar-refractivity contribution in [1.29, 1.82) is 0 Å². The molecule has 7 heteroatoms. The van der Waals surface area contributed by atoms with Gasteiger partial charge < -0.3 is 21.3 Å². The fourth-order valence-electron chi connectivity index (χ4n) is 3.71. The lowest BCUT2D eigenvalue weighted by molar-refractivity contribution is 0.100. The second kappa shape index (κ2) is 8.24. The van der Waals surface area contributed by atoms with E-state index in [-0.39, 0.29) is 6.03 Å². The number of nitrogens with two attached hydrogens (primary N) is 1. The minimum atomic E-state index is -0.493. The fourth-order valence-corrected chi connectivity index (χ4v) is 3.71. The van der Waals surface area contributed by atoms with Crippen molar-refractivity contribution >= 4 is 29.0 Å². The van der Waals surface area contributed by atoms with Crippen molar-refractivity contribution in [2.24, 2.45) is 5.73 Å². The number of hydrogen-bond acceptors (Lipinski definition) is 4. The van der Waals surface area contributed by atoms with Gasteiger partial charge in [-0.15, -0.1) is 0 Å². The van der Waals surface area contributed by atoms with E-state index in [4.69, 9.17) is 5.73 Å². The summed E-state index contributed by atoms with van der Waals surface area (Å²) in [7, 11) is 0. The number of hydrogen-bond donors (Lipinski definition) is 3. The molecule has 0 saturated heterocycles. The van der Waals surface area contributed by atoms with Gasteiger partial charge in [0.05, 0.1) is 11.3 Å². The van der Waals surface area contributed by atoms with Crippen molar-refractivity contribution in [1.82, 2.24) is 4.98 Å². The van der Waals surface area contributed by atoms with E-state index < -0.39 is 5.91 Å². The topological polar surface area (TPSA) is 100 Å². The summed E-state index contributed by atoms with van der Waals surface area (Å²) in [6.07, 6.45) is 3.89. The number of amides is 3. The van der Waals surface area contributed by atoms with Gasteiger partial charge in [-0.3, -0.25) is 9.78 Å². The van der Waals surface area contributed by atoms with Crippen LogP contribution in [0.5, 0.6) is 0 Å². The van der Waals surface area contributed by atoms with E-state index in [1.807, 2.05) is 55.5 Å². The molecule has 1 aromatic heterocycles. The second-order valence-corrected chi connectivity index (χ2v) is 7.32. The number of benzene rings is 2. The van der Waals surface area contributed by atoms with Crippen LogP contribution in [0.4, 0.5) is 21.9 Å². The van der Waals surface area contributed by atoms with Gasteiger partial charge in [-0.1, -0.05) is 29.8 Å². The molecule has 2 heterocycles. The number of carbonyl (C=O) groups is 2. The zero-order valence-corrected chi connectivity index (χ0v) is 16.7. The Hall–Kier alpha value is -3.87. The van der Waals surface area contributed by atoms with Crippen LogP contribution >= 0.6 is 0 Å². The molecule has 0 unspecified atom stereocenters. The maximum absolute atomic E-state index is 12.5. The van der Waals surface area contributed by atoms with Crippen LogP contribution in [0.3, 0.4) is 0 Å². The van der Waals surface area contributed by atoms with Crippen LogP contribution in [0.1, 0.15) is 27.0 Å². The van der Waals surface area contributed by atoms with E-state index in [0.717, 1.165) is 40.2 Å². The molecule has 0 fully saturated rings. The number of anilines is 3. The van der Waals surface area contributed by atoms with E-state index in [2.05, 4.69) is 20.5 Å². The first-order valence-electron chi connectivity index (χ1n) is 9.75. The van der Waals surface area contributed by atoms with Gasteiger partial charge in [0.1, 0.15) is 0 Å². The minimum Gasteiger partial charge on any atom is -0.366 e. The molecule has 0 bridgehead atoms. The van der Waals surface area contributed by atoms with Crippen LogP contribution < -0.4 is 21.3 Å². The number of nitrogens with zero attached hydrogens (tertiary/aromatic N) is 2. The van der Waals surface area contributed by atoms with Crippen molar-refractivity contribution in [3.63, 3.8) is 0 Å². The van der Waals surface area contributed by atoms with E-state index >= 15 is 0 Å². The lowest BCUT2D eigenvalue weighted by Crippen LogP contribution is -2.33. The number of nitrogens with one attached hydrogen (secondary N) is 2. The van der Waals surface area contributed by atoms with Gasteiger partial charge in [0.2, 0.25) is 0 Å². The van der Waals surface area contributed by atoms with Gasteiger partial charge in [0.15, 0.2) is 0 Å². The largest absolute Gasteiger partial charge is 0.366 e. The average molecular weight is 401 g/mol. The molecule has 0 saturated carbocycles. The van der Waals surface area contributed by atoms with E-state index in [1.165, 1.54) is 6.20 Å². The summed E-state index contributed by atoms with van der Waals surface area (Å²) < 4.78 is 0. The third-order valence-electron chi connectivity index (χ3n) is 5.23. The summed E-state index contributed by atoms with van der Waals surface area (Å²) >= 11 is 0. The highest BCUT2D eigenvalue weighted by atomic mass is 16.2. The first kappa shape index (κ1) is 19.4. The lowest BCUT2D eigenvalue weighted by Gasteiger charge is -2.32. The van der Waals surface area contributed by atoms with Crippen LogP contribution in [-0.4, -0.2) is 23.5 Å². The first-order valence-corrected chi connectivity index (χ1v) is 9.75. The standard InChI is InChI=1S/C23H23N5O2/c1-15-5-7-17(8-6-15)26-23(30)27-20-4-2-3-16-14-28(12-10-18(16)20)21-9-11-25-13-19(21)22(24)29/h2-9,11,13H,10,12,14H2,1H3,(H2,24,29)(H2,26,27,30). The molecule has 0 atom stereocenters. The van der Waals surface area contributed by atoms with Crippen molar-refractivity contribution in [3.05, 3.63) is 83.2 Å². The van der Waals surface area contributed by atoms with Crippen LogP contribution in [0.15, 0.2) is 60.9 Å². The molecule has 0 spiro atoms. The zero-order valence-electron chi connectivity index (χ0n) is 16.7. The summed E-state index contributed by atoms with van der Waals surface area (Å²) in [5.74, 6) is -0.493. The lowest BCUT2D eigenvalue weighted by atomic mass is 9.97. The van der Waals surface area contributed by atoms with Gasteiger partial charge in [-0.05, 0) is 48.7 Å². The number of urea groups is 1. The Balaban J connectivity index is 1.51. The highest BCUT2D eigenvalue weighted by molar-refractivity contribution is 6.00. The van der Waals surface area contributed by atoms with Crippen molar-refractivity contribution in [3.8, 4) is 0 Å². The number of pyridine rings is 1. The summed E-state index contributed by atoms with van der Waals surface area (Å²) in [6, 6.07) is 15.0. The molecular weight excluding hydrogens is 378 g/mol.